The van der Waals surface area contributed by atoms with Gasteiger partial charge in [-0.1, -0.05) is 13.8 Å². The van der Waals surface area contributed by atoms with Crippen LogP contribution in [0.4, 0.5) is 0 Å². The number of carboxylic acids is 1. The number of aliphatic carboxylic acids is 1. The van der Waals surface area contributed by atoms with Gasteiger partial charge in [0.1, 0.15) is 6.04 Å². The number of hydrogen-bond donors (Lipinski definition) is 2. The lowest BCUT2D eigenvalue weighted by Crippen LogP contribution is -2.46. The number of carboxylic acid groups (broad SMARTS) is 1. The van der Waals surface area contributed by atoms with E-state index in [4.69, 9.17) is 5.11 Å². The fraction of sp³-hybridized carbons (Fsp3) is 0.818. The maximum Gasteiger partial charge on any atom is 0.326 e. The van der Waals surface area contributed by atoms with Gasteiger partial charge >= 0.3 is 5.97 Å². The minimum atomic E-state index is -3.45. The van der Waals surface area contributed by atoms with Gasteiger partial charge in [-0.25, -0.2) is 13.2 Å². The highest BCUT2D eigenvalue weighted by molar-refractivity contribution is 7.89. The Balaban J connectivity index is 4.55. The van der Waals surface area contributed by atoms with Crippen molar-refractivity contribution in [3.63, 3.8) is 0 Å². The van der Waals surface area contributed by atoms with Crippen molar-refractivity contribution in [3.05, 3.63) is 0 Å². The van der Waals surface area contributed by atoms with Gasteiger partial charge in [-0.3, -0.25) is 4.79 Å². The summed E-state index contributed by atoms with van der Waals surface area (Å²) in [5.41, 5.74) is 0. The summed E-state index contributed by atoms with van der Waals surface area (Å²) in [5, 5.41) is 11.3. The third-order valence-corrected chi connectivity index (χ3v) is 4.35. The van der Waals surface area contributed by atoms with Crippen LogP contribution in [0.15, 0.2) is 0 Å². The number of nitrogens with one attached hydrogen (secondary N) is 1. The highest BCUT2D eigenvalue weighted by atomic mass is 32.2. The minimum absolute atomic E-state index is 0.106. The van der Waals surface area contributed by atoms with Crippen molar-refractivity contribution >= 4 is 21.9 Å². The summed E-state index contributed by atoms with van der Waals surface area (Å²) in [6.45, 7) is 4.78. The van der Waals surface area contributed by atoms with Gasteiger partial charge in [-0.15, -0.1) is 0 Å². The predicted octanol–water partition coefficient (Wildman–Crippen LogP) is -0.117. The molecule has 0 unspecified atom stereocenters. The van der Waals surface area contributed by atoms with Gasteiger partial charge in [0.15, 0.2) is 0 Å². The molecule has 0 saturated carbocycles. The maximum absolute atomic E-state index is 11.6. The van der Waals surface area contributed by atoms with Crippen molar-refractivity contribution in [1.29, 1.82) is 0 Å². The number of amides is 1. The summed E-state index contributed by atoms with van der Waals surface area (Å²) in [7, 11) is -2.16. The molecule has 19 heavy (non-hydrogen) atoms. The van der Waals surface area contributed by atoms with E-state index in [1.165, 1.54) is 14.0 Å². The van der Waals surface area contributed by atoms with Crippen LogP contribution >= 0.6 is 0 Å². The fourth-order valence-corrected chi connectivity index (χ4v) is 2.21. The summed E-state index contributed by atoms with van der Waals surface area (Å²) in [6, 6.07) is -0.995. The molecule has 0 aliphatic heterocycles. The molecule has 0 radical (unpaired) electrons. The fourth-order valence-electron chi connectivity index (χ4n) is 1.45. The molecule has 1 atom stereocenters. The Hall–Kier alpha value is -1.15. The first-order chi connectivity index (χ1) is 8.60. The molecule has 8 heteroatoms. The Morgan fingerprint density at radius 1 is 1.32 bits per heavy atom. The average molecular weight is 294 g/mol. The zero-order valence-electron chi connectivity index (χ0n) is 11.7. The van der Waals surface area contributed by atoms with Gasteiger partial charge in [-0.2, -0.15) is 4.31 Å². The van der Waals surface area contributed by atoms with E-state index in [0.29, 0.717) is 6.42 Å². The standard InChI is InChI=1S/C11H22N2O5S/c1-5-19(17,18)13(4)7-10(14)12-9(11(15)16)6-8(2)3/h8-9H,5-7H2,1-4H3,(H,12,14)(H,15,16)/t9-/m1/s1. The number of carbonyl (C=O) groups is 2. The van der Waals surface area contributed by atoms with E-state index in [1.807, 2.05) is 13.8 Å². The molecule has 0 aliphatic carbocycles. The van der Waals surface area contributed by atoms with Crippen LogP contribution in [0.5, 0.6) is 0 Å². The number of hydrogen-bond acceptors (Lipinski definition) is 4. The van der Waals surface area contributed by atoms with E-state index < -0.39 is 27.9 Å². The molecule has 0 aliphatic rings. The van der Waals surface area contributed by atoms with E-state index >= 15 is 0 Å². The van der Waals surface area contributed by atoms with E-state index in [1.54, 1.807) is 0 Å². The summed E-state index contributed by atoms with van der Waals surface area (Å²) in [5.74, 6) is -1.74. The van der Waals surface area contributed by atoms with Crippen LogP contribution in [0.1, 0.15) is 27.2 Å². The third-order valence-electron chi connectivity index (χ3n) is 2.55. The normalized spacial score (nSPS) is 13.6. The molecule has 7 nitrogen and oxygen atoms in total. The maximum atomic E-state index is 11.6. The van der Waals surface area contributed by atoms with E-state index in [0.717, 1.165) is 4.31 Å². The Morgan fingerprint density at radius 2 is 1.84 bits per heavy atom. The predicted molar refractivity (Wildman–Crippen MR) is 71.1 cm³/mol. The topological polar surface area (TPSA) is 104 Å². The molecular weight excluding hydrogens is 272 g/mol. The Bertz CT molecular complexity index is 419. The first-order valence-corrected chi connectivity index (χ1v) is 7.67. The summed E-state index contributed by atoms with van der Waals surface area (Å²) in [6.07, 6.45) is 0.297. The lowest BCUT2D eigenvalue weighted by atomic mass is 10.0. The highest BCUT2D eigenvalue weighted by Crippen LogP contribution is 2.05. The van der Waals surface area contributed by atoms with Crippen LogP contribution in [0.3, 0.4) is 0 Å². The van der Waals surface area contributed by atoms with E-state index in [-0.39, 0.29) is 18.2 Å². The number of likely N-dealkylation sites (N-methyl/N-ethyl adjacent to an activating group) is 1. The average Bonchev–Trinajstić information content (AvgIpc) is 2.27. The molecule has 0 fully saturated rings. The second-order valence-electron chi connectivity index (χ2n) is 4.74. The highest BCUT2D eigenvalue weighted by Gasteiger charge is 2.24. The quantitative estimate of drug-likeness (QED) is 0.649. The zero-order valence-corrected chi connectivity index (χ0v) is 12.5. The molecule has 0 rings (SSSR count). The summed E-state index contributed by atoms with van der Waals surface area (Å²) >= 11 is 0. The van der Waals surface area contributed by atoms with Gasteiger partial charge in [0.25, 0.3) is 0 Å². The molecule has 0 aromatic heterocycles. The van der Waals surface area contributed by atoms with Crippen molar-refractivity contribution in [1.82, 2.24) is 9.62 Å². The zero-order chi connectivity index (χ0) is 15.2. The molecule has 0 aromatic rings. The van der Waals surface area contributed by atoms with Gasteiger partial charge in [0.2, 0.25) is 15.9 Å². The second-order valence-corrected chi connectivity index (χ2v) is 7.11. The Labute approximate surface area is 114 Å². The van der Waals surface area contributed by atoms with Crippen LogP contribution in [0, 0.1) is 5.92 Å². The molecule has 0 aromatic carbocycles. The molecule has 0 bridgehead atoms. The van der Waals surface area contributed by atoms with Crippen LogP contribution in [0.25, 0.3) is 0 Å². The SMILES string of the molecule is CCS(=O)(=O)N(C)CC(=O)N[C@H](CC(C)C)C(=O)O. The number of carbonyl (C=O) groups excluding carboxylic acids is 1. The number of rotatable bonds is 8. The van der Waals surface area contributed by atoms with Gasteiger partial charge < -0.3 is 10.4 Å². The first-order valence-electron chi connectivity index (χ1n) is 6.06. The summed E-state index contributed by atoms with van der Waals surface area (Å²) < 4.78 is 23.8. The molecule has 1 amide bonds. The lowest BCUT2D eigenvalue weighted by Gasteiger charge is -2.19. The van der Waals surface area contributed by atoms with Gasteiger partial charge in [0, 0.05) is 7.05 Å². The van der Waals surface area contributed by atoms with Crippen molar-refractivity contribution in [2.75, 3.05) is 19.3 Å². The molecule has 0 saturated heterocycles. The Kier molecular flexibility index (Phi) is 6.99. The molecule has 2 N–H and O–H groups in total. The minimum Gasteiger partial charge on any atom is -0.480 e. The number of sulfonamides is 1. The molecular formula is C11H22N2O5S. The van der Waals surface area contributed by atoms with Crippen LogP contribution in [-0.2, 0) is 19.6 Å². The van der Waals surface area contributed by atoms with Crippen LogP contribution in [-0.4, -0.2) is 55.1 Å². The third kappa shape index (κ3) is 6.53. The van der Waals surface area contributed by atoms with Crippen LogP contribution in [0.2, 0.25) is 0 Å². The second kappa shape index (κ2) is 7.44. The molecule has 0 spiro atoms. The first kappa shape index (κ1) is 17.8. The van der Waals surface area contributed by atoms with Gasteiger partial charge in [-0.05, 0) is 19.3 Å². The van der Waals surface area contributed by atoms with Crippen molar-refractivity contribution in [3.8, 4) is 0 Å². The number of nitrogens with zero attached hydrogens (tertiary/aromatic N) is 1. The molecule has 0 heterocycles. The molecule has 112 valence electrons. The van der Waals surface area contributed by atoms with Crippen molar-refractivity contribution in [2.24, 2.45) is 5.92 Å². The van der Waals surface area contributed by atoms with E-state index in [9.17, 15) is 18.0 Å². The monoisotopic (exact) mass is 294 g/mol. The smallest absolute Gasteiger partial charge is 0.326 e. The summed E-state index contributed by atoms with van der Waals surface area (Å²) in [4.78, 5) is 22.6. The van der Waals surface area contributed by atoms with Crippen molar-refractivity contribution in [2.45, 2.75) is 33.2 Å². The van der Waals surface area contributed by atoms with E-state index in [2.05, 4.69) is 5.32 Å². The lowest BCUT2D eigenvalue weighted by molar-refractivity contribution is -0.142. The van der Waals surface area contributed by atoms with Crippen LogP contribution < -0.4 is 5.32 Å². The van der Waals surface area contributed by atoms with Gasteiger partial charge in [0.05, 0.1) is 12.3 Å². The largest absolute Gasteiger partial charge is 0.480 e. The Morgan fingerprint density at radius 3 is 2.21 bits per heavy atom. The van der Waals surface area contributed by atoms with Crippen molar-refractivity contribution < 1.29 is 23.1 Å².